The zero-order chi connectivity index (χ0) is 76.4. The van der Waals surface area contributed by atoms with Gasteiger partial charge in [0.1, 0.15) is 45.4 Å². The first-order valence-electron chi connectivity index (χ1n) is 39.7. The minimum atomic E-state index is -1.14. The van der Waals surface area contributed by atoms with E-state index in [1.807, 2.05) is 97.1 Å². The van der Waals surface area contributed by atoms with Crippen molar-refractivity contribution in [1.29, 1.82) is 0 Å². The van der Waals surface area contributed by atoms with Crippen LogP contribution in [0.2, 0.25) is 0 Å². The second-order valence-electron chi connectivity index (χ2n) is 26.5. The summed E-state index contributed by atoms with van der Waals surface area (Å²) in [5, 5.41) is 46.7. The SMILES string of the molecule is CCCCOCC(COCCCC)(O[O-])c1ccc(OCCCC)cc1.CCCCOCC(COCCCC)(O[O-])c1ccc(OCCCC)cc1.CCCCOCC(COCCCC)(O[O-])c1ccc(OCCCC)cc1.CCCCOCC(COCCCC)(O[O-])c1ccc(OCCCC)cc1.[Zr+4]. The molecule has 0 amide bonds. The third kappa shape index (κ3) is 44.1. The summed E-state index contributed by atoms with van der Waals surface area (Å²) in [7, 11) is 0. The predicted molar refractivity (Wildman–Crippen MR) is 404 cm³/mol. The summed E-state index contributed by atoms with van der Waals surface area (Å²) in [5.74, 6) is 3.17. The van der Waals surface area contributed by atoms with Gasteiger partial charge in [0.25, 0.3) is 0 Å². The Labute approximate surface area is 653 Å². The van der Waals surface area contributed by atoms with Crippen LogP contribution >= 0.6 is 0 Å². The molecule has 0 aliphatic rings. The quantitative estimate of drug-likeness (QED) is 0.0227. The van der Waals surface area contributed by atoms with Crippen molar-refractivity contribution in [2.75, 3.05) is 132 Å². The fraction of sp³-hybridized carbons (Fsp3) is 0.714. The average molecular weight is 1560 g/mol. The van der Waals surface area contributed by atoms with Crippen molar-refractivity contribution in [3.8, 4) is 23.0 Å². The molecule has 0 radical (unpaired) electrons. The van der Waals surface area contributed by atoms with Gasteiger partial charge in [0.05, 0.1) is 79.3 Å². The minimum Gasteiger partial charge on any atom is -0.722 e. The Morgan fingerprint density at radius 2 is 0.324 bits per heavy atom. The Kier molecular flexibility index (Phi) is 66.0. The van der Waals surface area contributed by atoms with Gasteiger partial charge in [-0.15, -0.1) is 0 Å². The maximum absolute atomic E-state index is 11.7. The second kappa shape index (κ2) is 68.4. The molecule has 0 aromatic heterocycles. The van der Waals surface area contributed by atoms with Gasteiger partial charge in [-0.2, -0.15) is 0 Å². The fourth-order valence-corrected chi connectivity index (χ4v) is 9.84. The van der Waals surface area contributed by atoms with E-state index in [0.717, 1.165) is 199 Å². The summed E-state index contributed by atoms with van der Waals surface area (Å²) in [6.45, 7) is 34.4. The summed E-state index contributed by atoms with van der Waals surface area (Å²) in [4.78, 5) is 18.7. The molecule has 4 aromatic carbocycles. The van der Waals surface area contributed by atoms with E-state index in [1.165, 1.54) is 0 Å². The summed E-state index contributed by atoms with van der Waals surface area (Å²) in [6, 6.07) is 29.9. The molecular weight excluding hydrogens is 1420 g/mol. The van der Waals surface area contributed by atoms with E-state index >= 15 is 0 Å². The van der Waals surface area contributed by atoms with Crippen LogP contribution in [0.4, 0.5) is 0 Å². The summed E-state index contributed by atoms with van der Waals surface area (Å²) in [5.41, 5.74) is -1.53. The molecule has 0 N–H and O–H groups in total. The first kappa shape index (κ1) is 101. The van der Waals surface area contributed by atoms with Crippen LogP contribution < -0.4 is 40.0 Å². The summed E-state index contributed by atoms with van der Waals surface area (Å²) >= 11 is 0. The van der Waals surface area contributed by atoms with Crippen LogP contribution in [-0.2, 0) is 106 Å². The minimum absolute atomic E-state index is 0. The Bertz CT molecular complexity index is 2090. The smallest absolute Gasteiger partial charge is 0.722 e. The molecule has 0 fully saturated rings. The molecule has 600 valence electrons. The topological polar surface area (TPSA) is 240 Å². The van der Waals surface area contributed by atoms with Crippen LogP contribution in [0.15, 0.2) is 97.1 Å². The molecule has 0 unspecified atom stereocenters. The number of hydrogen-bond donors (Lipinski definition) is 0. The first-order valence-corrected chi connectivity index (χ1v) is 39.7. The molecule has 0 atom stereocenters. The van der Waals surface area contributed by atoms with Crippen LogP contribution in [0.25, 0.3) is 0 Å². The van der Waals surface area contributed by atoms with E-state index < -0.39 is 22.4 Å². The molecule has 105 heavy (non-hydrogen) atoms. The first-order chi connectivity index (χ1) is 50.9. The van der Waals surface area contributed by atoms with Crippen molar-refractivity contribution in [3.63, 3.8) is 0 Å². The number of benzene rings is 4. The van der Waals surface area contributed by atoms with Gasteiger partial charge < -0.3 is 97.4 Å². The molecule has 0 aliphatic heterocycles. The fourth-order valence-electron chi connectivity index (χ4n) is 9.84. The molecule has 20 nitrogen and oxygen atoms in total. The third-order valence-corrected chi connectivity index (χ3v) is 17.0. The van der Waals surface area contributed by atoms with E-state index in [-0.39, 0.29) is 79.1 Å². The van der Waals surface area contributed by atoms with Gasteiger partial charge in [-0.05, 0) is 148 Å². The van der Waals surface area contributed by atoms with Gasteiger partial charge in [0, 0.05) is 52.9 Å². The van der Waals surface area contributed by atoms with E-state index in [1.54, 1.807) is 0 Å². The molecule has 0 spiro atoms. The Hall–Kier alpha value is -3.68. The zero-order valence-corrected chi connectivity index (χ0v) is 69.5. The van der Waals surface area contributed by atoms with E-state index in [0.29, 0.717) is 79.3 Å². The van der Waals surface area contributed by atoms with Gasteiger partial charge in [0.2, 0.25) is 0 Å². The Balaban J connectivity index is 0.00000137. The van der Waals surface area contributed by atoms with Crippen LogP contribution in [-0.4, -0.2) is 132 Å². The van der Waals surface area contributed by atoms with Crippen LogP contribution in [0.3, 0.4) is 0 Å². The second-order valence-corrected chi connectivity index (χ2v) is 26.5. The Morgan fingerprint density at radius 3 is 0.438 bits per heavy atom. The van der Waals surface area contributed by atoms with Crippen LogP contribution in [0.1, 0.15) is 259 Å². The van der Waals surface area contributed by atoms with Gasteiger partial charge in [-0.25, -0.2) is 0 Å². The van der Waals surface area contributed by atoms with E-state index in [4.69, 9.17) is 56.8 Å². The molecule has 21 heteroatoms. The molecule has 0 bridgehead atoms. The monoisotopic (exact) mass is 1560 g/mol. The van der Waals surface area contributed by atoms with Gasteiger partial charge >= 0.3 is 26.2 Å². The van der Waals surface area contributed by atoms with Crippen molar-refractivity contribution >= 4 is 0 Å². The maximum atomic E-state index is 11.7. The van der Waals surface area contributed by atoms with Crippen LogP contribution in [0.5, 0.6) is 23.0 Å². The average Bonchev–Trinajstić information content (AvgIpc) is 0.842. The normalized spacial score (nSPS) is 11.6. The molecular formula is C84H140O20Zr. The van der Waals surface area contributed by atoms with Crippen LogP contribution in [0, 0.1) is 0 Å². The number of unbranched alkanes of at least 4 members (excludes halogenated alkanes) is 12. The van der Waals surface area contributed by atoms with Crippen molar-refractivity contribution in [2.24, 2.45) is 0 Å². The number of hydrogen-bond acceptors (Lipinski definition) is 20. The third-order valence-electron chi connectivity index (χ3n) is 17.0. The maximum Gasteiger partial charge on any atom is 4.00 e. The predicted octanol–water partition coefficient (Wildman–Crippen LogP) is 15.9. The van der Waals surface area contributed by atoms with Crippen molar-refractivity contribution in [2.45, 2.75) is 260 Å². The molecule has 0 saturated carbocycles. The Morgan fingerprint density at radius 1 is 0.200 bits per heavy atom. The van der Waals surface area contributed by atoms with E-state index in [9.17, 15) is 21.0 Å². The van der Waals surface area contributed by atoms with Crippen molar-refractivity contribution in [1.82, 2.24) is 0 Å². The van der Waals surface area contributed by atoms with Gasteiger partial charge in [-0.1, -0.05) is 209 Å². The largest absolute Gasteiger partial charge is 4.00 e. The van der Waals surface area contributed by atoms with Crippen molar-refractivity contribution in [3.05, 3.63) is 119 Å². The molecule has 0 saturated heterocycles. The molecule has 4 aromatic rings. The zero-order valence-electron chi connectivity index (χ0n) is 67.0. The standard InChI is InChI=1S/4C21H36O5.Zr/c4*1-4-7-14-23-17-21(26-22,18-24-15-8-5-2)19-10-12-20(13-11-19)25-16-9-6-3;/h4*10-13,22H,4-9,14-18H2,1-3H3;/q;;;;+4/p-4. The van der Waals surface area contributed by atoms with Gasteiger partial charge in [-0.3, -0.25) is 0 Å². The molecule has 4 rings (SSSR count). The van der Waals surface area contributed by atoms with Gasteiger partial charge in [0.15, 0.2) is 0 Å². The molecule has 0 heterocycles. The summed E-state index contributed by atoms with van der Waals surface area (Å²) in [6.07, 6.45) is 24.4. The number of ether oxygens (including phenoxy) is 12. The van der Waals surface area contributed by atoms with Crippen molar-refractivity contribution < 1.29 is 124 Å². The number of rotatable bonds is 64. The summed E-state index contributed by atoms with van der Waals surface area (Å²) < 4.78 is 68.5. The van der Waals surface area contributed by atoms with E-state index in [2.05, 4.69) is 103 Å². The molecule has 0 aliphatic carbocycles.